The molecule has 1 aromatic carbocycles. The van der Waals surface area contributed by atoms with Gasteiger partial charge in [0.2, 0.25) is 0 Å². The number of rotatable bonds is 4. The SMILES string of the molecule is COc1cc(CC(C)(C)N)c(C(F)(F)F)cc1OC. The van der Waals surface area contributed by atoms with Gasteiger partial charge in [-0.05, 0) is 38.0 Å². The van der Waals surface area contributed by atoms with Crippen molar-refractivity contribution in [2.75, 3.05) is 14.2 Å². The van der Waals surface area contributed by atoms with Crippen LogP contribution in [0.3, 0.4) is 0 Å². The summed E-state index contributed by atoms with van der Waals surface area (Å²) in [6, 6.07) is 2.27. The van der Waals surface area contributed by atoms with Crippen molar-refractivity contribution in [1.29, 1.82) is 0 Å². The Balaban J connectivity index is 3.41. The fourth-order valence-electron chi connectivity index (χ4n) is 1.82. The van der Waals surface area contributed by atoms with Crippen LogP contribution in [0.2, 0.25) is 0 Å². The Labute approximate surface area is 110 Å². The van der Waals surface area contributed by atoms with Crippen LogP contribution in [-0.2, 0) is 12.6 Å². The standard InChI is InChI=1S/C13H18F3NO2/c1-12(2,17)7-8-5-10(18-3)11(19-4)6-9(8)13(14,15)16/h5-6H,7,17H2,1-4H3. The number of ether oxygens (including phenoxy) is 2. The third kappa shape index (κ3) is 4.02. The van der Waals surface area contributed by atoms with E-state index < -0.39 is 17.3 Å². The second-order valence-electron chi connectivity index (χ2n) is 5.03. The smallest absolute Gasteiger partial charge is 0.416 e. The molecular formula is C13H18F3NO2. The zero-order chi connectivity index (χ0) is 14.8. The van der Waals surface area contributed by atoms with E-state index >= 15 is 0 Å². The maximum absolute atomic E-state index is 13.0. The summed E-state index contributed by atoms with van der Waals surface area (Å²) in [5.74, 6) is 0.308. The van der Waals surface area contributed by atoms with Gasteiger partial charge in [0.05, 0.1) is 19.8 Å². The molecule has 1 rings (SSSR count). The van der Waals surface area contributed by atoms with E-state index in [0.29, 0.717) is 0 Å². The molecule has 0 saturated heterocycles. The highest BCUT2D eigenvalue weighted by atomic mass is 19.4. The van der Waals surface area contributed by atoms with Crippen LogP contribution in [0.5, 0.6) is 11.5 Å². The van der Waals surface area contributed by atoms with Gasteiger partial charge >= 0.3 is 6.18 Å². The van der Waals surface area contributed by atoms with Crippen molar-refractivity contribution in [3.05, 3.63) is 23.3 Å². The molecule has 0 aromatic heterocycles. The Hall–Kier alpha value is -1.43. The molecule has 19 heavy (non-hydrogen) atoms. The van der Waals surface area contributed by atoms with Gasteiger partial charge in [0.15, 0.2) is 11.5 Å². The van der Waals surface area contributed by atoms with Crippen LogP contribution in [-0.4, -0.2) is 19.8 Å². The van der Waals surface area contributed by atoms with Gasteiger partial charge in [-0.2, -0.15) is 13.2 Å². The third-order valence-electron chi connectivity index (χ3n) is 2.56. The number of hydrogen-bond donors (Lipinski definition) is 1. The van der Waals surface area contributed by atoms with Crippen LogP contribution < -0.4 is 15.2 Å². The van der Waals surface area contributed by atoms with Gasteiger partial charge in [-0.25, -0.2) is 0 Å². The summed E-state index contributed by atoms with van der Waals surface area (Å²) in [5.41, 5.74) is 4.40. The van der Waals surface area contributed by atoms with E-state index in [1.807, 2.05) is 0 Å². The van der Waals surface area contributed by atoms with E-state index in [4.69, 9.17) is 15.2 Å². The topological polar surface area (TPSA) is 44.5 Å². The molecule has 0 aliphatic heterocycles. The normalized spacial score (nSPS) is 12.4. The summed E-state index contributed by atoms with van der Waals surface area (Å²) < 4.78 is 49.0. The summed E-state index contributed by atoms with van der Waals surface area (Å²) in [7, 11) is 2.67. The average molecular weight is 277 g/mol. The molecule has 6 heteroatoms. The number of methoxy groups -OCH3 is 2. The Morgan fingerprint density at radius 2 is 1.53 bits per heavy atom. The van der Waals surface area contributed by atoms with Gasteiger partial charge in [0.1, 0.15) is 0 Å². The molecule has 2 N–H and O–H groups in total. The van der Waals surface area contributed by atoms with Gasteiger partial charge in [-0.15, -0.1) is 0 Å². The first-order valence-electron chi connectivity index (χ1n) is 5.69. The molecule has 3 nitrogen and oxygen atoms in total. The van der Waals surface area contributed by atoms with Crippen LogP contribution in [0.15, 0.2) is 12.1 Å². The molecule has 0 fully saturated rings. The molecular weight excluding hydrogens is 259 g/mol. The van der Waals surface area contributed by atoms with Crippen LogP contribution in [0.25, 0.3) is 0 Å². The van der Waals surface area contributed by atoms with E-state index in [0.717, 1.165) is 6.07 Å². The van der Waals surface area contributed by atoms with E-state index in [1.54, 1.807) is 13.8 Å². The van der Waals surface area contributed by atoms with E-state index in [1.165, 1.54) is 20.3 Å². The zero-order valence-corrected chi connectivity index (χ0v) is 11.4. The van der Waals surface area contributed by atoms with Crippen molar-refractivity contribution < 1.29 is 22.6 Å². The van der Waals surface area contributed by atoms with Gasteiger partial charge < -0.3 is 15.2 Å². The number of hydrogen-bond acceptors (Lipinski definition) is 3. The van der Waals surface area contributed by atoms with Crippen LogP contribution in [0.1, 0.15) is 25.0 Å². The van der Waals surface area contributed by atoms with Crippen molar-refractivity contribution in [3.8, 4) is 11.5 Å². The minimum absolute atomic E-state index is 0.0494. The summed E-state index contributed by atoms with van der Waals surface area (Å²) in [6.07, 6.45) is -4.37. The Morgan fingerprint density at radius 3 is 1.89 bits per heavy atom. The molecule has 0 aliphatic rings. The lowest BCUT2D eigenvalue weighted by Gasteiger charge is -2.23. The van der Waals surface area contributed by atoms with E-state index in [9.17, 15) is 13.2 Å². The highest BCUT2D eigenvalue weighted by Gasteiger charge is 2.35. The number of alkyl halides is 3. The number of halogens is 3. The summed E-state index contributed by atoms with van der Waals surface area (Å²) in [4.78, 5) is 0. The number of benzene rings is 1. The molecule has 0 bridgehead atoms. The van der Waals surface area contributed by atoms with Gasteiger partial charge in [0.25, 0.3) is 0 Å². The zero-order valence-electron chi connectivity index (χ0n) is 11.4. The summed E-state index contributed by atoms with van der Waals surface area (Å²) >= 11 is 0. The maximum Gasteiger partial charge on any atom is 0.416 e. The second-order valence-corrected chi connectivity index (χ2v) is 5.03. The second kappa shape index (κ2) is 5.28. The molecule has 0 unspecified atom stereocenters. The lowest BCUT2D eigenvalue weighted by Crippen LogP contribution is -2.35. The van der Waals surface area contributed by atoms with Crippen molar-refractivity contribution in [3.63, 3.8) is 0 Å². The van der Waals surface area contributed by atoms with Crippen LogP contribution >= 0.6 is 0 Å². The minimum atomic E-state index is -4.46. The Morgan fingerprint density at radius 1 is 1.05 bits per heavy atom. The largest absolute Gasteiger partial charge is 0.493 e. The van der Waals surface area contributed by atoms with Gasteiger partial charge in [0, 0.05) is 5.54 Å². The van der Waals surface area contributed by atoms with Crippen LogP contribution in [0, 0.1) is 0 Å². The average Bonchev–Trinajstić information content (AvgIpc) is 2.24. The predicted molar refractivity (Wildman–Crippen MR) is 66.5 cm³/mol. The minimum Gasteiger partial charge on any atom is -0.493 e. The maximum atomic E-state index is 13.0. The summed E-state index contributed by atoms with van der Waals surface area (Å²) in [5, 5.41) is 0. The molecule has 1 aromatic rings. The lowest BCUT2D eigenvalue weighted by molar-refractivity contribution is -0.138. The first-order valence-corrected chi connectivity index (χ1v) is 5.69. The molecule has 0 radical (unpaired) electrons. The van der Waals surface area contributed by atoms with Crippen molar-refractivity contribution in [2.45, 2.75) is 32.0 Å². The van der Waals surface area contributed by atoms with Gasteiger partial charge in [-0.1, -0.05) is 0 Å². The fraction of sp³-hybridized carbons (Fsp3) is 0.538. The van der Waals surface area contributed by atoms with E-state index in [-0.39, 0.29) is 23.5 Å². The Bertz CT molecular complexity index is 450. The van der Waals surface area contributed by atoms with Gasteiger partial charge in [-0.3, -0.25) is 0 Å². The van der Waals surface area contributed by atoms with Crippen molar-refractivity contribution in [2.24, 2.45) is 5.73 Å². The fourth-order valence-corrected chi connectivity index (χ4v) is 1.82. The lowest BCUT2D eigenvalue weighted by atomic mass is 9.92. The molecule has 0 atom stereocenters. The molecule has 0 spiro atoms. The van der Waals surface area contributed by atoms with Crippen molar-refractivity contribution >= 4 is 0 Å². The molecule has 0 aliphatic carbocycles. The first kappa shape index (κ1) is 15.6. The van der Waals surface area contributed by atoms with E-state index in [2.05, 4.69) is 0 Å². The van der Waals surface area contributed by atoms with Crippen LogP contribution in [0.4, 0.5) is 13.2 Å². The Kier molecular flexibility index (Phi) is 4.35. The molecule has 108 valence electrons. The molecule has 0 heterocycles. The quantitative estimate of drug-likeness (QED) is 0.920. The number of nitrogens with two attached hydrogens (primary N) is 1. The molecule has 0 amide bonds. The predicted octanol–water partition coefficient (Wildman–Crippen LogP) is 3.00. The summed E-state index contributed by atoms with van der Waals surface area (Å²) in [6.45, 7) is 3.34. The van der Waals surface area contributed by atoms with Crippen molar-refractivity contribution in [1.82, 2.24) is 0 Å². The highest BCUT2D eigenvalue weighted by Crippen LogP contribution is 2.39. The first-order chi connectivity index (χ1) is 8.58. The highest BCUT2D eigenvalue weighted by molar-refractivity contribution is 5.49. The third-order valence-corrected chi connectivity index (χ3v) is 2.56. The molecule has 0 saturated carbocycles. The monoisotopic (exact) mass is 277 g/mol.